The Labute approximate surface area is 56.3 Å². The highest BCUT2D eigenvalue weighted by Crippen LogP contribution is 2.36. The number of rotatable bonds is 3. The van der Waals surface area contributed by atoms with Gasteiger partial charge in [-0.25, -0.2) is 5.09 Å². The fourth-order valence-corrected chi connectivity index (χ4v) is 1.57. The fraction of sp³-hybridized carbons (Fsp3) is 1.00. The standard InChI is InChI=1S/C5H14NO2P/c1-5(2)6-9(4,7)8-3/h5H,1-4H3,(H,6,7). The summed E-state index contributed by atoms with van der Waals surface area (Å²) in [6, 6.07) is 0.209. The highest BCUT2D eigenvalue weighted by atomic mass is 31.2. The highest BCUT2D eigenvalue weighted by molar-refractivity contribution is 7.56. The first-order chi connectivity index (χ1) is 3.98. The van der Waals surface area contributed by atoms with E-state index in [1.54, 1.807) is 6.66 Å². The molecule has 0 saturated carbocycles. The molecule has 4 heteroatoms. The Kier molecular flexibility index (Phi) is 3.41. The van der Waals surface area contributed by atoms with Crippen LogP contribution in [-0.4, -0.2) is 19.8 Å². The van der Waals surface area contributed by atoms with Crippen LogP contribution in [-0.2, 0) is 9.09 Å². The van der Waals surface area contributed by atoms with Crippen LogP contribution in [0.4, 0.5) is 0 Å². The van der Waals surface area contributed by atoms with E-state index in [2.05, 4.69) is 5.09 Å². The first kappa shape index (κ1) is 9.15. The van der Waals surface area contributed by atoms with Crippen molar-refractivity contribution in [3.05, 3.63) is 0 Å². The van der Waals surface area contributed by atoms with Crippen LogP contribution in [0.5, 0.6) is 0 Å². The first-order valence-corrected chi connectivity index (χ1v) is 4.96. The number of hydrogen-bond acceptors (Lipinski definition) is 2. The molecular formula is C5H14NO2P. The van der Waals surface area contributed by atoms with Crippen LogP contribution in [0.25, 0.3) is 0 Å². The zero-order chi connectivity index (χ0) is 7.49. The zero-order valence-corrected chi connectivity index (χ0v) is 7.24. The minimum atomic E-state index is -2.48. The van der Waals surface area contributed by atoms with Gasteiger partial charge in [0.05, 0.1) is 0 Å². The Morgan fingerprint density at radius 3 is 2.11 bits per heavy atom. The van der Waals surface area contributed by atoms with Crippen molar-refractivity contribution in [1.29, 1.82) is 0 Å². The van der Waals surface area contributed by atoms with Crippen molar-refractivity contribution >= 4 is 7.52 Å². The van der Waals surface area contributed by atoms with Crippen LogP contribution >= 0.6 is 7.52 Å². The molecule has 0 aliphatic rings. The minimum absolute atomic E-state index is 0.209. The highest BCUT2D eigenvalue weighted by Gasteiger charge is 2.12. The van der Waals surface area contributed by atoms with Crippen LogP contribution < -0.4 is 5.09 Å². The molecule has 0 rings (SSSR count). The second-order valence-electron chi connectivity index (χ2n) is 2.31. The van der Waals surface area contributed by atoms with Gasteiger partial charge < -0.3 is 4.52 Å². The van der Waals surface area contributed by atoms with E-state index >= 15 is 0 Å². The summed E-state index contributed by atoms with van der Waals surface area (Å²) in [5.41, 5.74) is 0. The molecule has 0 aromatic heterocycles. The molecule has 0 fully saturated rings. The SMILES string of the molecule is COP(C)(=O)NC(C)C. The smallest absolute Gasteiger partial charge is 0.266 e. The van der Waals surface area contributed by atoms with Gasteiger partial charge >= 0.3 is 0 Å². The van der Waals surface area contributed by atoms with Gasteiger partial charge in [0.1, 0.15) is 0 Å². The third-order valence-corrected chi connectivity index (χ3v) is 2.52. The lowest BCUT2D eigenvalue weighted by atomic mass is 10.4. The van der Waals surface area contributed by atoms with E-state index < -0.39 is 7.52 Å². The monoisotopic (exact) mass is 151 g/mol. The maximum absolute atomic E-state index is 11.1. The van der Waals surface area contributed by atoms with Crippen molar-refractivity contribution in [2.75, 3.05) is 13.8 Å². The predicted octanol–water partition coefficient (Wildman–Crippen LogP) is 1.45. The van der Waals surface area contributed by atoms with E-state index in [0.29, 0.717) is 0 Å². The van der Waals surface area contributed by atoms with Gasteiger partial charge in [0.25, 0.3) is 7.52 Å². The summed E-state index contributed by atoms with van der Waals surface area (Å²) in [6.45, 7) is 5.41. The van der Waals surface area contributed by atoms with E-state index in [-0.39, 0.29) is 6.04 Å². The summed E-state index contributed by atoms with van der Waals surface area (Å²) in [7, 11) is -1.04. The van der Waals surface area contributed by atoms with E-state index in [1.807, 2.05) is 13.8 Å². The van der Waals surface area contributed by atoms with Crippen LogP contribution in [0, 0.1) is 0 Å². The second-order valence-corrected chi connectivity index (χ2v) is 4.63. The molecule has 0 amide bonds. The van der Waals surface area contributed by atoms with E-state index in [0.717, 1.165) is 0 Å². The third kappa shape index (κ3) is 4.64. The molecule has 0 heterocycles. The average Bonchev–Trinajstić information content (AvgIpc) is 1.63. The molecule has 56 valence electrons. The summed E-state index contributed by atoms with van der Waals surface area (Å²) >= 11 is 0. The van der Waals surface area contributed by atoms with Crippen LogP contribution in [0.2, 0.25) is 0 Å². The fourth-order valence-electron chi connectivity index (χ4n) is 0.522. The van der Waals surface area contributed by atoms with Gasteiger partial charge in [0, 0.05) is 19.8 Å². The number of hydrogen-bond donors (Lipinski definition) is 1. The molecule has 0 aromatic carbocycles. The van der Waals surface area contributed by atoms with Crippen molar-refractivity contribution in [3.63, 3.8) is 0 Å². The van der Waals surface area contributed by atoms with E-state index in [1.165, 1.54) is 7.11 Å². The lowest BCUT2D eigenvalue weighted by Gasteiger charge is -2.14. The van der Waals surface area contributed by atoms with Gasteiger partial charge in [-0.1, -0.05) is 0 Å². The molecular weight excluding hydrogens is 137 g/mol. The van der Waals surface area contributed by atoms with Gasteiger partial charge in [-0.2, -0.15) is 0 Å². The average molecular weight is 151 g/mol. The molecule has 0 aliphatic heterocycles. The molecule has 1 N–H and O–H groups in total. The maximum Gasteiger partial charge on any atom is 0.266 e. The summed E-state index contributed by atoms with van der Waals surface area (Å²) in [6.07, 6.45) is 0. The molecule has 0 radical (unpaired) electrons. The molecule has 0 bridgehead atoms. The van der Waals surface area contributed by atoms with Gasteiger partial charge in [-0.3, -0.25) is 4.57 Å². The summed E-state index contributed by atoms with van der Waals surface area (Å²) in [5.74, 6) is 0. The normalized spacial score (nSPS) is 17.9. The Hall–Kier alpha value is 0.150. The third-order valence-electron chi connectivity index (χ3n) is 0.841. The van der Waals surface area contributed by atoms with Crippen molar-refractivity contribution in [1.82, 2.24) is 5.09 Å². The van der Waals surface area contributed by atoms with E-state index in [9.17, 15) is 4.57 Å². The Morgan fingerprint density at radius 2 is 2.00 bits per heavy atom. The van der Waals surface area contributed by atoms with Crippen molar-refractivity contribution in [2.45, 2.75) is 19.9 Å². The molecule has 0 spiro atoms. The molecule has 1 atom stereocenters. The molecule has 0 aromatic rings. The number of nitrogens with one attached hydrogen (secondary N) is 1. The summed E-state index contributed by atoms with van der Waals surface area (Å²) in [5, 5.41) is 2.80. The van der Waals surface area contributed by atoms with Gasteiger partial charge in [-0.15, -0.1) is 0 Å². The van der Waals surface area contributed by atoms with Gasteiger partial charge in [0.2, 0.25) is 0 Å². The van der Waals surface area contributed by atoms with E-state index in [4.69, 9.17) is 4.52 Å². The molecule has 9 heavy (non-hydrogen) atoms. The largest absolute Gasteiger partial charge is 0.321 e. The Balaban J connectivity index is 3.73. The van der Waals surface area contributed by atoms with Gasteiger partial charge in [-0.05, 0) is 13.8 Å². The van der Waals surface area contributed by atoms with Crippen molar-refractivity contribution in [3.8, 4) is 0 Å². The van der Waals surface area contributed by atoms with Crippen LogP contribution in [0.1, 0.15) is 13.8 Å². The topological polar surface area (TPSA) is 38.3 Å². The summed E-state index contributed by atoms with van der Waals surface area (Å²) < 4.78 is 15.8. The zero-order valence-electron chi connectivity index (χ0n) is 6.34. The maximum atomic E-state index is 11.1. The molecule has 3 nitrogen and oxygen atoms in total. The van der Waals surface area contributed by atoms with Gasteiger partial charge in [0.15, 0.2) is 0 Å². The second kappa shape index (κ2) is 3.35. The minimum Gasteiger partial charge on any atom is -0.321 e. The quantitative estimate of drug-likeness (QED) is 0.620. The Morgan fingerprint density at radius 1 is 1.56 bits per heavy atom. The van der Waals surface area contributed by atoms with Crippen molar-refractivity contribution in [2.24, 2.45) is 0 Å². The van der Waals surface area contributed by atoms with Crippen molar-refractivity contribution < 1.29 is 9.09 Å². The first-order valence-electron chi connectivity index (χ1n) is 2.89. The molecule has 0 saturated heterocycles. The Bertz CT molecular complexity index is 124. The lowest BCUT2D eigenvalue weighted by Crippen LogP contribution is -2.19. The van der Waals surface area contributed by atoms with Crippen LogP contribution in [0.15, 0.2) is 0 Å². The molecule has 0 aliphatic carbocycles. The lowest BCUT2D eigenvalue weighted by molar-refractivity contribution is 0.383. The van der Waals surface area contributed by atoms with Crippen LogP contribution in [0.3, 0.4) is 0 Å². The summed E-state index contributed by atoms with van der Waals surface area (Å²) in [4.78, 5) is 0. The predicted molar refractivity (Wildman–Crippen MR) is 38.8 cm³/mol. The molecule has 1 unspecified atom stereocenters.